The van der Waals surface area contributed by atoms with Crippen LogP contribution in [0.2, 0.25) is 36.3 Å². The van der Waals surface area contributed by atoms with E-state index in [2.05, 4.69) is 4.52 Å². The molecular weight excluding hydrogens is 706 g/mol. The van der Waals surface area contributed by atoms with Gasteiger partial charge < -0.3 is 33.8 Å². The lowest BCUT2D eigenvalue weighted by Crippen LogP contribution is -2.59. The van der Waals surface area contributed by atoms with Crippen LogP contribution in [0.25, 0.3) is 0 Å². The molecule has 1 aromatic rings. The van der Waals surface area contributed by atoms with Crippen molar-refractivity contribution < 1.29 is 50.1 Å². The van der Waals surface area contributed by atoms with Gasteiger partial charge in [0.1, 0.15) is 12.2 Å². The van der Waals surface area contributed by atoms with Crippen molar-refractivity contribution in [3.63, 3.8) is 0 Å². The van der Waals surface area contributed by atoms with Gasteiger partial charge in [-0.05, 0) is 49.6 Å². The molecule has 1 spiro atoms. The highest BCUT2D eigenvalue weighted by Crippen LogP contribution is 2.52. The first-order chi connectivity index (χ1) is 21.5. The molecule has 5 atom stereocenters. The van der Waals surface area contributed by atoms with Gasteiger partial charge in [-0.1, -0.05) is 41.5 Å². The van der Waals surface area contributed by atoms with E-state index >= 15 is 0 Å². The van der Waals surface area contributed by atoms with Crippen molar-refractivity contribution in [1.29, 1.82) is 0 Å². The van der Waals surface area contributed by atoms with E-state index in [0.717, 1.165) is 14.5 Å². The summed E-state index contributed by atoms with van der Waals surface area (Å²) in [4.78, 5) is 47.5. The summed E-state index contributed by atoms with van der Waals surface area (Å²) >= 11 is 0. The van der Waals surface area contributed by atoms with Crippen LogP contribution in [-0.4, -0.2) is 80.9 Å². The summed E-state index contributed by atoms with van der Waals surface area (Å²) in [5.74, 6) is 0. The molecule has 2 aliphatic rings. The number of hydrogen-bond acceptors (Lipinski definition) is 12. The van der Waals surface area contributed by atoms with Crippen LogP contribution in [0.3, 0.4) is 0 Å². The average molecular weight is 756 g/mol. The topological polar surface area (TPSA) is 225 Å². The molecule has 48 heavy (non-hydrogen) atoms. The molecular formula is C28H50N3O13PSSi2. The van der Waals surface area contributed by atoms with Crippen LogP contribution in [0.15, 0.2) is 26.9 Å². The number of aromatic nitrogens is 2. The number of nitrogens with two attached hydrogens (primary N) is 1. The van der Waals surface area contributed by atoms with Gasteiger partial charge in [0, 0.05) is 18.3 Å². The Kier molecular flexibility index (Phi) is 11.2. The Morgan fingerprint density at radius 1 is 1.10 bits per heavy atom. The SMILES string of the molecule is Cc1cn(C2OC(CO[Si](C)(C)C(C)(C)C)C3(OS(=O)(=O)C=C3N)C2O[Si](C)(C)C(C)(C)C)c(=O)n(CCCOP(=O)(O)C(=O)O)c1=O. The molecule has 20 heteroatoms. The van der Waals surface area contributed by atoms with E-state index in [1.54, 1.807) is 0 Å². The first kappa shape index (κ1) is 40.5. The summed E-state index contributed by atoms with van der Waals surface area (Å²) in [5, 5.41) is 9.03. The van der Waals surface area contributed by atoms with Crippen molar-refractivity contribution in [2.75, 3.05) is 13.2 Å². The number of hydrogen-bond donors (Lipinski definition) is 3. The molecule has 0 radical (unpaired) electrons. The molecule has 3 rings (SSSR count). The molecule has 0 aromatic carbocycles. The number of carboxylic acid groups (broad SMARTS) is 1. The summed E-state index contributed by atoms with van der Waals surface area (Å²) in [6.45, 7) is 20.4. The van der Waals surface area contributed by atoms with Crippen LogP contribution in [0.1, 0.15) is 59.8 Å². The second-order valence-corrected chi connectivity index (χ2v) is 27.9. The quantitative estimate of drug-likeness (QED) is 0.119. The molecule has 0 amide bonds. The molecule has 16 nitrogen and oxygen atoms in total. The summed E-state index contributed by atoms with van der Waals surface area (Å²) in [7, 11) is -14.5. The average Bonchev–Trinajstić information content (AvgIpc) is 3.33. The van der Waals surface area contributed by atoms with Crippen molar-refractivity contribution in [3.05, 3.63) is 43.7 Å². The Bertz CT molecular complexity index is 1730. The standard InChI is InChI=1S/C28H50N3O13PSSi2/c1-18-15-31(24(33)30(22(18)32)13-12-14-40-45(36,37)25(34)35)23-21(43-48(10,11)27(5,6)7)28(19(29)17-46(38,39)44-28)20(42-23)16-41-47(8,9)26(2,3)4/h15,17,20-21,23H,12-14,16,29H2,1-11H3,(H,34,35)(H,36,37). The van der Waals surface area contributed by atoms with E-state index in [9.17, 15) is 32.3 Å². The second kappa shape index (κ2) is 13.3. The van der Waals surface area contributed by atoms with Gasteiger partial charge in [0.05, 0.1) is 24.3 Å². The Morgan fingerprint density at radius 3 is 2.15 bits per heavy atom. The van der Waals surface area contributed by atoms with E-state index in [1.807, 2.05) is 67.7 Å². The Labute approximate surface area is 283 Å². The van der Waals surface area contributed by atoms with Gasteiger partial charge >= 0.3 is 19.0 Å². The monoisotopic (exact) mass is 755 g/mol. The van der Waals surface area contributed by atoms with E-state index < -0.39 is 87.0 Å². The molecule has 5 unspecified atom stereocenters. The fourth-order valence-electron chi connectivity index (χ4n) is 4.82. The number of nitrogens with zero attached hydrogens (tertiary/aromatic N) is 2. The molecule has 0 saturated carbocycles. The van der Waals surface area contributed by atoms with E-state index in [1.165, 1.54) is 13.1 Å². The first-order valence-corrected chi connectivity index (χ1v) is 24.3. The van der Waals surface area contributed by atoms with Crippen molar-refractivity contribution in [2.24, 2.45) is 5.73 Å². The highest BCUT2D eigenvalue weighted by molar-refractivity contribution is 7.90. The highest BCUT2D eigenvalue weighted by atomic mass is 32.2. The van der Waals surface area contributed by atoms with Crippen molar-refractivity contribution in [3.8, 4) is 0 Å². The second-order valence-electron chi connectivity index (χ2n) is 15.3. The van der Waals surface area contributed by atoms with Gasteiger partial charge in [0.2, 0.25) is 0 Å². The van der Waals surface area contributed by atoms with Crippen molar-refractivity contribution >= 4 is 40.1 Å². The third-order valence-electron chi connectivity index (χ3n) is 9.74. The van der Waals surface area contributed by atoms with E-state index in [4.69, 9.17) is 28.6 Å². The Balaban J connectivity index is 2.20. The summed E-state index contributed by atoms with van der Waals surface area (Å²) in [5.41, 5.74) is 0.942. The highest BCUT2D eigenvalue weighted by Gasteiger charge is 2.67. The first-order valence-electron chi connectivity index (χ1n) is 15.4. The maximum atomic E-state index is 14.0. The molecule has 1 saturated heterocycles. The van der Waals surface area contributed by atoms with E-state index in [-0.39, 0.29) is 35.9 Å². The number of rotatable bonds is 12. The van der Waals surface area contributed by atoms with Gasteiger partial charge in [-0.15, -0.1) is 0 Å². The molecule has 1 fully saturated rings. The fraction of sp³-hybridized carbons (Fsp3) is 0.750. The lowest BCUT2D eigenvalue weighted by Gasteiger charge is -2.43. The van der Waals surface area contributed by atoms with Crippen LogP contribution in [0.5, 0.6) is 0 Å². The zero-order valence-electron chi connectivity index (χ0n) is 29.4. The minimum absolute atomic E-state index is 0.113. The predicted molar refractivity (Wildman–Crippen MR) is 182 cm³/mol. The third-order valence-corrected chi connectivity index (χ3v) is 20.8. The summed E-state index contributed by atoms with van der Waals surface area (Å²) < 4.78 is 70.0. The molecule has 2 aliphatic heterocycles. The van der Waals surface area contributed by atoms with Crippen molar-refractivity contribution in [2.45, 2.75) is 122 Å². The largest absolute Gasteiger partial charge is 0.472 e. The van der Waals surface area contributed by atoms with E-state index in [0.29, 0.717) is 0 Å². The number of ether oxygens (including phenoxy) is 1. The normalized spacial score (nSPS) is 26.1. The fourth-order valence-corrected chi connectivity index (χ4v) is 8.81. The minimum atomic E-state index is -4.93. The third kappa shape index (κ3) is 7.84. The number of carbonyl (C=O) groups is 1. The molecule has 4 N–H and O–H groups in total. The van der Waals surface area contributed by atoms with Gasteiger partial charge in [-0.3, -0.25) is 13.9 Å². The molecule has 274 valence electrons. The zero-order valence-corrected chi connectivity index (χ0v) is 33.1. The molecule has 0 aliphatic carbocycles. The molecule has 3 heterocycles. The zero-order chi connectivity index (χ0) is 37.1. The maximum absolute atomic E-state index is 14.0. The van der Waals surface area contributed by atoms with Crippen molar-refractivity contribution in [1.82, 2.24) is 9.13 Å². The lowest BCUT2D eigenvalue weighted by atomic mass is 9.89. The van der Waals surface area contributed by atoms with Crippen LogP contribution < -0.4 is 17.0 Å². The predicted octanol–water partition coefficient (Wildman–Crippen LogP) is 3.80. The van der Waals surface area contributed by atoms with Gasteiger partial charge in [0.25, 0.3) is 15.7 Å². The van der Waals surface area contributed by atoms with Gasteiger partial charge in [-0.2, -0.15) is 8.42 Å². The number of aryl methyl sites for hydroxylation is 1. The smallest absolute Gasteiger partial charge is 0.435 e. The maximum Gasteiger partial charge on any atom is 0.435 e. The lowest BCUT2D eigenvalue weighted by molar-refractivity contribution is -0.0567. The van der Waals surface area contributed by atoms with Crippen LogP contribution >= 0.6 is 7.60 Å². The molecule has 0 bridgehead atoms. The summed E-state index contributed by atoms with van der Waals surface area (Å²) in [6, 6.07) is 0. The van der Waals surface area contributed by atoms with Crippen LogP contribution in [-0.2, 0) is 43.5 Å². The summed E-state index contributed by atoms with van der Waals surface area (Å²) in [6.07, 6.45) is -2.72. The Hall–Kier alpha value is -1.94. The van der Waals surface area contributed by atoms with Crippen LogP contribution in [0.4, 0.5) is 4.79 Å². The Morgan fingerprint density at radius 2 is 1.67 bits per heavy atom. The van der Waals surface area contributed by atoms with Gasteiger partial charge in [-0.25, -0.2) is 18.3 Å². The van der Waals surface area contributed by atoms with Gasteiger partial charge in [0.15, 0.2) is 28.5 Å². The van der Waals surface area contributed by atoms with Crippen LogP contribution in [0, 0.1) is 6.92 Å². The minimum Gasteiger partial charge on any atom is -0.472 e. The molecule has 1 aromatic heterocycles.